The Hall–Kier alpha value is -1.20. The van der Waals surface area contributed by atoms with Gasteiger partial charge in [-0.1, -0.05) is 54.4 Å². The lowest BCUT2D eigenvalue weighted by atomic mass is 9.55. The van der Waals surface area contributed by atoms with E-state index in [1.807, 2.05) is 13.0 Å². The van der Waals surface area contributed by atoms with Gasteiger partial charge in [0.2, 0.25) is 0 Å². The van der Waals surface area contributed by atoms with Crippen LogP contribution in [0, 0.1) is 46.3 Å². The molecule has 35 heavy (non-hydrogen) atoms. The molecular weight excluding hydrogens is 440 g/mol. The fraction of sp³-hybridized carbons (Fsp3) is 0.867. The van der Waals surface area contributed by atoms with Gasteiger partial charge in [0.1, 0.15) is 6.10 Å². The molecule has 200 valence electrons. The summed E-state index contributed by atoms with van der Waals surface area (Å²) in [5.74, 6) is 2.06. The molecule has 0 heterocycles. The molecule has 5 heteroatoms. The summed E-state index contributed by atoms with van der Waals surface area (Å²) in [5.41, 5.74) is 0.00835. The van der Waals surface area contributed by atoms with Crippen LogP contribution in [0.1, 0.15) is 99.8 Å². The zero-order chi connectivity index (χ0) is 26.1. The van der Waals surface area contributed by atoms with Crippen molar-refractivity contribution in [3.8, 4) is 0 Å². The second-order valence-electron chi connectivity index (χ2n) is 13.0. The second kappa shape index (κ2) is 11.0. The van der Waals surface area contributed by atoms with Gasteiger partial charge in [-0.2, -0.15) is 0 Å². The molecule has 2 saturated carbocycles. The van der Waals surface area contributed by atoms with Gasteiger partial charge in [0, 0.05) is 24.9 Å². The Morgan fingerprint density at radius 1 is 1.14 bits per heavy atom. The van der Waals surface area contributed by atoms with Crippen LogP contribution in [0.25, 0.3) is 0 Å². The number of carbonyl (C=O) groups excluding carboxylic acids is 2. The van der Waals surface area contributed by atoms with Gasteiger partial charge in [0.15, 0.2) is 5.78 Å². The minimum absolute atomic E-state index is 0.0655. The fourth-order valence-corrected chi connectivity index (χ4v) is 7.80. The van der Waals surface area contributed by atoms with Crippen LogP contribution in [-0.2, 0) is 14.3 Å². The number of rotatable bonds is 9. The number of esters is 1. The molecule has 3 aliphatic carbocycles. The van der Waals surface area contributed by atoms with Gasteiger partial charge < -0.3 is 14.9 Å². The Morgan fingerprint density at radius 3 is 2.43 bits per heavy atom. The highest BCUT2D eigenvalue weighted by Crippen LogP contribution is 2.59. The molecule has 0 aromatic rings. The number of allylic oxidation sites excluding steroid dienone is 1. The number of hydrogen-bond donors (Lipinski definition) is 2. The summed E-state index contributed by atoms with van der Waals surface area (Å²) in [6, 6.07) is 0. The zero-order valence-corrected chi connectivity index (χ0v) is 23.2. The maximum absolute atomic E-state index is 14.1. The first kappa shape index (κ1) is 28.4. The quantitative estimate of drug-likeness (QED) is 0.404. The van der Waals surface area contributed by atoms with Crippen molar-refractivity contribution in [3.63, 3.8) is 0 Å². The van der Waals surface area contributed by atoms with Crippen LogP contribution in [0.3, 0.4) is 0 Å². The van der Waals surface area contributed by atoms with Crippen LogP contribution in [0.2, 0.25) is 0 Å². The maximum Gasteiger partial charge on any atom is 0.302 e. The standard InChI is InChI=1S/C30H50O5/c1-18(2)19(3)8-9-20(4)24-10-11-25(29(24,6)14-15-31)23-17-27(33)26-16-22(35-21(5)32)12-13-30(26,7)28(23)34/h17-20,22,24-27,31,33H,8-16H2,1-7H3/t19-,20+,22-,24+,25-,26+,27-,29+,30-/m0/s1. The van der Waals surface area contributed by atoms with Gasteiger partial charge in [-0.15, -0.1) is 0 Å². The highest BCUT2D eigenvalue weighted by atomic mass is 16.5. The van der Waals surface area contributed by atoms with Crippen LogP contribution in [0.15, 0.2) is 11.6 Å². The lowest BCUT2D eigenvalue weighted by molar-refractivity contribution is -0.155. The SMILES string of the molecule is CC(=O)O[C@H]1CC[C@]2(C)C(=O)C([C@@H]3CC[C@H]([C@H](C)CC[C@H](C)C(C)C)[C@@]3(C)CCO)=C[C@H](O)[C@H]2C1. The molecule has 0 unspecified atom stereocenters. The van der Waals surface area contributed by atoms with Crippen molar-refractivity contribution in [1.29, 1.82) is 0 Å². The molecule has 0 bridgehead atoms. The fourth-order valence-electron chi connectivity index (χ4n) is 7.80. The average Bonchev–Trinajstić information content (AvgIpc) is 3.11. The number of carbonyl (C=O) groups is 2. The molecule has 3 aliphatic rings. The summed E-state index contributed by atoms with van der Waals surface area (Å²) in [7, 11) is 0. The highest BCUT2D eigenvalue weighted by Gasteiger charge is 2.57. The first-order valence-corrected chi connectivity index (χ1v) is 14.1. The average molecular weight is 491 g/mol. The van der Waals surface area contributed by atoms with Crippen LogP contribution in [-0.4, -0.2) is 40.8 Å². The van der Waals surface area contributed by atoms with Crippen molar-refractivity contribution in [2.75, 3.05) is 6.61 Å². The Labute approximate surface area is 213 Å². The first-order chi connectivity index (χ1) is 16.3. The topological polar surface area (TPSA) is 83.8 Å². The van der Waals surface area contributed by atoms with E-state index in [2.05, 4.69) is 34.6 Å². The normalized spacial score (nSPS) is 39.2. The molecule has 0 aromatic heterocycles. The second-order valence-corrected chi connectivity index (χ2v) is 13.0. The summed E-state index contributed by atoms with van der Waals surface area (Å²) >= 11 is 0. The van der Waals surface area contributed by atoms with E-state index >= 15 is 0 Å². The number of ketones is 1. The third-order valence-electron chi connectivity index (χ3n) is 10.5. The molecule has 0 spiro atoms. The Balaban J connectivity index is 1.84. The third-order valence-corrected chi connectivity index (χ3v) is 10.5. The van der Waals surface area contributed by atoms with Crippen LogP contribution in [0.4, 0.5) is 0 Å². The van der Waals surface area contributed by atoms with Crippen molar-refractivity contribution in [3.05, 3.63) is 11.6 Å². The van der Waals surface area contributed by atoms with Gasteiger partial charge in [-0.05, 0) is 85.2 Å². The summed E-state index contributed by atoms with van der Waals surface area (Å²) in [6.07, 6.45) is 7.76. The minimum Gasteiger partial charge on any atom is -0.463 e. The molecule has 0 amide bonds. The number of ether oxygens (including phenoxy) is 1. The molecule has 0 radical (unpaired) electrons. The van der Waals surface area contributed by atoms with E-state index in [0.29, 0.717) is 49.4 Å². The number of fused-ring (bicyclic) bond motifs is 1. The smallest absolute Gasteiger partial charge is 0.302 e. The van der Waals surface area contributed by atoms with Crippen molar-refractivity contribution >= 4 is 11.8 Å². The lowest BCUT2D eigenvalue weighted by Gasteiger charge is -2.49. The van der Waals surface area contributed by atoms with Crippen molar-refractivity contribution in [2.45, 2.75) is 112 Å². The Kier molecular flexibility index (Phi) is 8.95. The van der Waals surface area contributed by atoms with Crippen molar-refractivity contribution < 1.29 is 24.5 Å². The van der Waals surface area contributed by atoms with Crippen LogP contribution in [0.5, 0.6) is 0 Å². The van der Waals surface area contributed by atoms with Crippen molar-refractivity contribution in [1.82, 2.24) is 0 Å². The van der Waals surface area contributed by atoms with E-state index < -0.39 is 11.5 Å². The van der Waals surface area contributed by atoms with Crippen LogP contribution < -0.4 is 0 Å². The lowest BCUT2D eigenvalue weighted by Crippen LogP contribution is -2.52. The van der Waals surface area contributed by atoms with E-state index in [0.717, 1.165) is 18.4 Å². The molecule has 5 nitrogen and oxygen atoms in total. The molecule has 0 aliphatic heterocycles. The predicted octanol–water partition coefficient (Wildman–Crippen LogP) is 5.72. The van der Waals surface area contributed by atoms with Gasteiger partial charge >= 0.3 is 5.97 Å². The molecule has 9 atom stereocenters. The number of aliphatic hydroxyl groups excluding tert-OH is 2. The summed E-state index contributed by atoms with van der Waals surface area (Å²) in [5, 5.41) is 21.3. The molecule has 0 saturated heterocycles. The summed E-state index contributed by atoms with van der Waals surface area (Å²) in [6.45, 7) is 15.1. The van der Waals surface area contributed by atoms with E-state index in [9.17, 15) is 19.8 Å². The number of Topliss-reactive ketones (excluding diaryl/α,β-unsaturated/α-hetero) is 1. The monoisotopic (exact) mass is 490 g/mol. The van der Waals surface area contributed by atoms with E-state index in [4.69, 9.17) is 4.74 Å². The van der Waals surface area contributed by atoms with Crippen LogP contribution >= 0.6 is 0 Å². The molecule has 0 aromatic carbocycles. The van der Waals surface area contributed by atoms with Gasteiger partial charge in [0.25, 0.3) is 0 Å². The molecule has 2 fully saturated rings. The summed E-state index contributed by atoms with van der Waals surface area (Å²) in [4.78, 5) is 25.5. The Bertz CT molecular complexity index is 803. The molecule has 2 N–H and O–H groups in total. The first-order valence-electron chi connectivity index (χ1n) is 14.1. The maximum atomic E-state index is 14.1. The van der Waals surface area contributed by atoms with E-state index in [-0.39, 0.29) is 41.7 Å². The zero-order valence-electron chi connectivity index (χ0n) is 23.2. The molecule has 3 rings (SSSR count). The third kappa shape index (κ3) is 5.56. The van der Waals surface area contributed by atoms with E-state index in [1.54, 1.807) is 0 Å². The van der Waals surface area contributed by atoms with Gasteiger partial charge in [0.05, 0.1) is 6.10 Å². The highest BCUT2D eigenvalue weighted by molar-refractivity contribution is 6.01. The number of aliphatic hydroxyl groups is 2. The number of hydrogen-bond acceptors (Lipinski definition) is 5. The van der Waals surface area contributed by atoms with Crippen molar-refractivity contribution in [2.24, 2.45) is 46.3 Å². The predicted molar refractivity (Wildman–Crippen MR) is 139 cm³/mol. The summed E-state index contributed by atoms with van der Waals surface area (Å²) < 4.78 is 5.45. The Morgan fingerprint density at radius 2 is 1.83 bits per heavy atom. The molecular formula is C30H50O5. The van der Waals surface area contributed by atoms with E-state index in [1.165, 1.54) is 19.8 Å². The van der Waals surface area contributed by atoms with Gasteiger partial charge in [-0.3, -0.25) is 9.59 Å². The van der Waals surface area contributed by atoms with Gasteiger partial charge in [-0.25, -0.2) is 0 Å². The largest absolute Gasteiger partial charge is 0.463 e. The minimum atomic E-state index is -0.715.